The molecule has 186 valence electrons. The van der Waals surface area contributed by atoms with Gasteiger partial charge in [-0.05, 0) is 52.3 Å². The second-order valence-corrected chi connectivity index (χ2v) is 9.62. The number of esters is 1. The largest absolute Gasteiger partial charge is 0.460 e. The van der Waals surface area contributed by atoms with Crippen LogP contribution in [0.3, 0.4) is 0 Å². The number of alkyl halides is 3. The summed E-state index contributed by atoms with van der Waals surface area (Å²) >= 11 is 6.19. The van der Waals surface area contributed by atoms with Gasteiger partial charge in [0.15, 0.2) is 0 Å². The van der Waals surface area contributed by atoms with Gasteiger partial charge in [0.05, 0.1) is 22.7 Å². The maximum Gasteiger partial charge on any atom is 0.404 e. The molecular weight excluding hydrogens is 471 g/mol. The molecule has 1 N–H and O–H groups in total. The average Bonchev–Trinajstić information content (AvgIpc) is 2.69. The van der Waals surface area contributed by atoms with E-state index in [0.717, 1.165) is 0 Å². The minimum Gasteiger partial charge on any atom is -0.460 e. The lowest BCUT2D eigenvalue weighted by molar-refractivity contribution is -0.169. The fourth-order valence-electron chi connectivity index (χ4n) is 3.23. The molecule has 1 rings (SSSR count). The number of benzene rings is 1. The van der Waals surface area contributed by atoms with E-state index >= 15 is 0 Å². The van der Waals surface area contributed by atoms with Crippen LogP contribution in [-0.2, 0) is 19.1 Å². The number of hydrogen-bond donors (Lipinski definition) is 1. The van der Waals surface area contributed by atoms with Crippen LogP contribution in [0.15, 0.2) is 18.2 Å². The number of amides is 1. The molecule has 0 aromatic heterocycles. The minimum absolute atomic E-state index is 0.0171. The topological polar surface area (TPSA) is 64.6 Å². The fraction of sp³-hybridized carbons (Fsp3) is 0.520. The zero-order valence-electron chi connectivity index (χ0n) is 20.0. The SMILES string of the molecule is C#C[C@H]([C@@H](C#C)C(=O)Nc1cc(C(CC(=O)OC(C)(C)C)C(C)(C)OC)ccc1Cl)C(F)(F)F. The zero-order chi connectivity index (χ0) is 26.5. The summed E-state index contributed by atoms with van der Waals surface area (Å²) in [6.07, 6.45) is 5.25. The lowest BCUT2D eigenvalue weighted by atomic mass is 9.81. The number of hydrogen-bond acceptors (Lipinski definition) is 4. The number of rotatable bonds is 8. The summed E-state index contributed by atoms with van der Waals surface area (Å²) in [5.41, 5.74) is -0.991. The third-order valence-corrected chi connectivity index (χ3v) is 5.46. The van der Waals surface area contributed by atoms with E-state index in [-0.39, 0.29) is 17.1 Å². The number of anilines is 1. The Morgan fingerprint density at radius 3 is 2.15 bits per heavy atom. The Morgan fingerprint density at radius 2 is 1.71 bits per heavy atom. The van der Waals surface area contributed by atoms with Gasteiger partial charge in [-0.3, -0.25) is 9.59 Å². The molecule has 0 saturated heterocycles. The van der Waals surface area contributed by atoms with Crippen molar-refractivity contribution in [3.05, 3.63) is 28.8 Å². The van der Waals surface area contributed by atoms with Crippen molar-refractivity contribution < 1.29 is 32.2 Å². The van der Waals surface area contributed by atoms with Crippen molar-refractivity contribution in [2.24, 2.45) is 11.8 Å². The molecule has 9 heteroatoms. The van der Waals surface area contributed by atoms with Gasteiger partial charge in [0, 0.05) is 13.0 Å². The van der Waals surface area contributed by atoms with Crippen LogP contribution >= 0.6 is 11.6 Å². The Kier molecular flexibility index (Phi) is 9.64. The van der Waals surface area contributed by atoms with Gasteiger partial charge in [-0.1, -0.05) is 29.5 Å². The van der Waals surface area contributed by atoms with Crippen molar-refractivity contribution in [1.82, 2.24) is 0 Å². The van der Waals surface area contributed by atoms with Gasteiger partial charge in [0.2, 0.25) is 5.91 Å². The predicted octanol–water partition coefficient (Wildman–Crippen LogP) is 5.58. The van der Waals surface area contributed by atoms with Gasteiger partial charge >= 0.3 is 12.1 Å². The molecule has 0 aliphatic rings. The first kappa shape index (κ1) is 29.4. The predicted molar refractivity (Wildman–Crippen MR) is 125 cm³/mol. The minimum atomic E-state index is -4.87. The molecule has 1 aromatic rings. The quantitative estimate of drug-likeness (QED) is 0.374. The van der Waals surface area contributed by atoms with Gasteiger partial charge < -0.3 is 14.8 Å². The lowest BCUT2D eigenvalue weighted by Gasteiger charge is -2.34. The van der Waals surface area contributed by atoms with Crippen molar-refractivity contribution in [2.75, 3.05) is 12.4 Å². The van der Waals surface area contributed by atoms with Crippen molar-refractivity contribution in [3.8, 4) is 24.7 Å². The first-order chi connectivity index (χ1) is 15.5. The molecule has 34 heavy (non-hydrogen) atoms. The molecule has 3 atom stereocenters. The summed E-state index contributed by atoms with van der Waals surface area (Å²) in [6, 6.07) is 4.54. The monoisotopic (exact) mass is 499 g/mol. The van der Waals surface area contributed by atoms with Crippen LogP contribution in [0.1, 0.15) is 52.5 Å². The molecule has 1 amide bonds. The second-order valence-electron chi connectivity index (χ2n) is 9.21. The summed E-state index contributed by atoms with van der Waals surface area (Å²) in [4.78, 5) is 25.1. The summed E-state index contributed by atoms with van der Waals surface area (Å²) in [6.45, 7) is 8.76. The van der Waals surface area contributed by atoms with E-state index in [1.54, 1.807) is 46.6 Å². The number of terminal acetylenes is 2. The van der Waals surface area contributed by atoms with E-state index in [4.69, 9.17) is 33.9 Å². The molecule has 0 radical (unpaired) electrons. The van der Waals surface area contributed by atoms with E-state index in [2.05, 4.69) is 5.32 Å². The number of carbonyl (C=O) groups is 2. The third kappa shape index (κ3) is 7.97. The standard InChI is InChI=1S/C25H29ClF3NO4/c1-9-16(17(10-2)25(27,28)29)22(32)30-20-13-15(11-12-19(20)26)18(24(6,7)33-8)14-21(31)34-23(3,4)5/h1-2,11-13,16-18H,14H2,3-8H3,(H,30,32)/t16-,17-,18?/m1/s1. The van der Waals surface area contributed by atoms with E-state index in [1.807, 2.05) is 5.92 Å². The van der Waals surface area contributed by atoms with Gasteiger partial charge in [-0.25, -0.2) is 0 Å². The average molecular weight is 500 g/mol. The molecule has 5 nitrogen and oxygen atoms in total. The molecule has 0 heterocycles. The lowest BCUT2D eigenvalue weighted by Crippen LogP contribution is -2.36. The Morgan fingerprint density at radius 1 is 1.12 bits per heavy atom. The highest BCUT2D eigenvalue weighted by molar-refractivity contribution is 6.33. The summed E-state index contributed by atoms with van der Waals surface area (Å²) in [7, 11) is 1.48. The fourth-order valence-corrected chi connectivity index (χ4v) is 3.39. The van der Waals surface area contributed by atoms with Crippen molar-refractivity contribution in [2.45, 2.75) is 64.3 Å². The Labute approximate surface area is 203 Å². The highest BCUT2D eigenvalue weighted by atomic mass is 35.5. The van der Waals surface area contributed by atoms with Gasteiger partial charge in [-0.15, -0.1) is 12.8 Å². The zero-order valence-corrected chi connectivity index (χ0v) is 20.7. The Balaban J connectivity index is 3.35. The normalized spacial score (nSPS) is 14.8. The van der Waals surface area contributed by atoms with E-state index in [1.165, 1.54) is 19.2 Å². The number of nitrogens with one attached hydrogen (secondary N) is 1. The van der Waals surface area contributed by atoms with Crippen LogP contribution in [0.5, 0.6) is 0 Å². The molecular formula is C25H29ClF3NO4. The summed E-state index contributed by atoms with van der Waals surface area (Å²) < 4.78 is 50.6. The third-order valence-electron chi connectivity index (χ3n) is 5.13. The number of methoxy groups -OCH3 is 1. The second kappa shape index (κ2) is 11.2. The molecule has 0 saturated carbocycles. The number of carbonyl (C=O) groups excluding carboxylic acids is 2. The summed E-state index contributed by atoms with van der Waals surface area (Å²) in [5, 5.41) is 2.40. The molecule has 0 fully saturated rings. The maximum absolute atomic E-state index is 13.2. The van der Waals surface area contributed by atoms with Crippen LogP contribution in [0.25, 0.3) is 0 Å². The van der Waals surface area contributed by atoms with Crippen LogP contribution in [0.4, 0.5) is 18.9 Å². The highest BCUT2D eigenvalue weighted by Gasteiger charge is 2.46. The number of halogens is 4. The van der Waals surface area contributed by atoms with Crippen LogP contribution in [-0.4, -0.2) is 36.4 Å². The molecule has 0 aliphatic carbocycles. The van der Waals surface area contributed by atoms with Gasteiger partial charge in [-0.2, -0.15) is 13.2 Å². The first-order valence-electron chi connectivity index (χ1n) is 10.3. The molecule has 0 aliphatic heterocycles. The van der Waals surface area contributed by atoms with Crippen LogP contribution < -0.4 is 5.32 Å². The van der Waals surface area contributed by atoms with Gasteiger partial charge in [0.1, 0.15) is 17.4 Å². The van der Waals surface area contributed by atoms with Crippen LogP contribution in [0, 0.1) is 36.5 Å². The molecule has 1 aromatic carbocycles. The van der Waals surface area contributed by atoms with Crippen LogP contribution in [0.2, 0.25) is 5.02 Å². The van der Waals surface area contributed by atoms with Gasteiger partial charge in [0.25, 0.3) is 0 Å². The van der Waals surface area contributed by atoms with E-state index in [0.29, 0.717) is 5.56 Å². The van der Waals surface area contributed by atoms with Crippen molar-refractivity contribution in [3.63, 3.8) is 0 Å². The molecule has 0 bridgehead atoms. The Bertz CT molecular complexity index is 984. The molecule has 0 spiro atoms. The van der Waals surface area contributed by atoms with Crippen molar-refractivity contribution in [1.29, 1.82) is 0 Å². The van der Waals surface area contributed by atoms with Crippen molar-refractivity contribution >= 4 is 29.2 Å². The summed E-state index contributed by atoms with van der Waals surface area (Å²) in [5.74, 6) is -3.21. The smallest absolute Gasteiger partial charge is 0.404 e. The van der Waals surface area contributed by atoms with E-state index < -0.39 is 47.0 Å². The molecule has 1 unspecified atom stereocenters. The van der Waals surface area contributed by atoms with E-state index in [9.17, 15) is 22.8 Å². The maximum atomic E-state index is 13.2. The number of ether oxygens (including phenoxy) is 2. The Hall–Kier alpha value is -2.68. The highest BCUT2D eigenvalue weighted by Crippen LogP contribution is 2.38. The first-order valence-corrected chi connectivity index (χ1v) is 10.7.